The summed E-state index contributed by atoms with van der Waals surface area (Å²) >= 11 is 0. The van der Waals surface area contributed by atoms with Gasteiger partial charge in [0.25, 0.3) is 0 Å². The third kappa shape index (κ3) is 4.21. The molecule has 28 heavy (non-hydrogen) atoms. The van der Waals surface area contributed by atoms with E-state index >= 15 is 0 Å². The summed E-state index contributed by atoms with van der Waals surface area (Å²) in [6.45, 7) is 9.59. The van der Waals surface area contributed by atoms with E-state index < -0.39 is 18.3 Å². The maximum Gasteiger partial charge on any atom is 0.494 e. The van der Waals surface area contributed by atoms with Gasteiger partial charge in [0, 0.05) is 25.8 Å². The van der Waals surface area contributed by atoms with Crippen molar-refractivity contribution in [1.29, 1.82) is 0 Å². The van der Waals surface area contributed by atoms with Crippen molar-refractivity contribution in [3.05, 3.63) is 23.8 Å². The molecule has 2 fully saturated rings. The van der Waals surface area contributed by atoms with E-state index in [2.05, 4.69) is 0 Å². The van der Waals surface area contributed by atoms with Crippen LogP contribution in [-0.4, -0.2) is 62.5 Å². The number of rotatable bonds is 5. The highest BCUT2D eigenvalue weighted by molar-refractivity contribution is 6.62. The van der Waals surface area contributed by atoms with Crippen LogP contribution in [0.15, 0.2) is 18.2 Å². The van der Waals surface area contributed by atoms with Gasteiger partial charge < -0.3 is 23.7 Å². The van der Waals surface area contributed by atoms with Crippen LogP contribution in [0.3, 0.4) is 0 Å². The summed E-state index contributed by atoms with van der Waals surface area (Å²) in [5.41, 5.74) is 0.951. The van der Waals surface area contributed by atoms with Gasteiger partial charge in [-0.05, 0) is 52.1 Å². The van der Waals surface area contributed by atoms with Gasteiger partial charge in [0.15, 0.2) is 0 Å². The van der Waals surface area contributed by atoms with Crippen molar-refractivity contribution in [3.63, 3.8) is 0 Å². The van der Waals surface area contributed by atoms with Crippen LogP contribution in [0.1, 0.15) is 46.1 Å². The maximum atomic E-state index is 12.8. The van der Waals surface area contributed by atoms with Gasteiger partial charge in [-0.2, -0.15) is 0 Å². The number of benzene rings is 1. The highest BCUT2D eigenvalue weighted by Crippen LogP contribution is 2.36. The Labute approximate surface area is 168 Å². The van der Waals surface area contributed by atoms with E-state index in [4.69, 9.17) is 18.8 Å². The Morgan fingerprint density at radius 2 is 1.75 bits per heavy atom. The minimum Gasteiger partial charge on any atom is -0.496 e. The zero-order chi connectivity index (χ0) is 20.5. The normalized spacial score (nSPS) is 21.8. The number of hydrogen-bond donors (Lipinski definition) is 0. The Balaban J connectivity index is 1.74. The molecule has 0 N–H and O–H groups in total. The largest absolute Gasteiger partial charge is 0.496 e. The molecule has 6 nitrogen and oxygen atoms in total. The van der Waals surface area contributed by atoms with Crippen LogP contribution < -0.4 is 10.2 Å². The fraction of sp³-hybridized carbons (Fsp3) is 0.667. The predicted molar refractivity (Wildman–Crippen MR) is 109 cm³/mol. The van der Waals surface area contributed by atoms with Crippen molar-refractivity contribution in [3.8, 4) is 5.75 Å². The molecular weight excluding hydrogens is 357 g/mol. The van der Waals surface area contributed by atoms with Crippen LogP contribution in [0.25, 0.3) is 0 Å². The van der Waals surface area contributed by atoms with Crippen molar-refractivity contribution < 1.29 is 23.6 Å². The van der Waals surface area contributed by atoms with Crippen molar-refractivity contribution in [2.24, 2.45) is 0 Å². The minimum absolute atomic E-state index is 0.110. The summed E-state index contributed by atoms with van der Waals surface area (Å²) < 4.78 is 23.2. The van der Waals surface area contributed by atoms with Crippen molar-refractivity contribution in [1.82, 2.24) is 4.90 Å². The first-order valence-electron chi connectivity index (χ1n) is 10.00. The van der Waals surface area contributed by atoms with E-state index in [-0.39, 0.29) is 12.0 Å². The fourth-order valence-corrected chi connectivity index (χ4v) is 3.68. The number of piperidine rings is 1. The summed E-state index contributed by atoms with van der Waals surface area (Å²) in [6, 6.07) is 5.81. The van der Waals surface area contributed by atoms with Gasteiger partial charge in [0.05, 0.1) is 30.8 Å². The van der Waals surface area contributed by atoms with E-state index in [0.717, 1.165) is 37.0 Å². The molecule has 1 amide bonds. The molecule has 1 aromatic rings. The number of likely N-dealkylation sites (tertiary alicyclic amines) is 1. The van der Waals surface area contributed by atoms with Gasteiger partial charge in [-0.3, -0.25) is 4.79 Å². The van der Waals surface area contributed by atoms with Gasteiger partial charge in [-0.15, -0.1) is 0 Å². The molecule has 2 heterocycles. The molecule has 1 aromatic carbocycles. The van der Waals surface area contributed by atoms with E-state index in [1.165, 1.54) is 0 Å². The van der Waals surface area contributed by atoms with Crippen LogP contribution in [-0.2, 0) is 25.3 Å². The molecule has 0 spiro atoms. The first-order valence-corrected chi connectivity index (χ1v) is 10.00. The van der Waals surface area contributed by atoms with Gasteiger partial charge in [-0.1, -0.05) is 12.1 Å². The smallest absolute Gasteiger partial charge is 0.494 e. The Hall–Kier alpha value is -1.57. The van der Waals surface area contributed by atoms with Crippen molar-refractivity contribution >= 4 is 18.5 Å². The lowest BCUT2D eigenvalue weighted by Gasteiger charge is -2.32. The monoisotopic (exact) mass is 389 g/mol. The average molecular weight is 389 g/mol. The molecule has 0 aromatic heterocycles. The Kier molecular flexibility index (Phi) is 6.08. The summed E-state index contributed by atoms with van der Waals surface area (Å²) in [5, 5.41) is 0. The molecule has 7 heteroatoms. The molecule has 0 unspecified atom stereocenters. The van der Waals surface area contributed by atoms with E-state index in [9.17, 15) is 4.79 Å². The van der Waals surface area contributed by atoms with Crippen molar-refractivity contribution in [2.75, 3.05) is 27.3 Å². The predicted octanol–water partition coefficient (Wildman–Crippen LogP) is 2.17. The third-order valence-electron chi connectivity index (χ3n) is 6.30. The quantitative estimate of drug-likeness (QED) is 0.723. The third-order valence-corrected chi connectivity index (χ3v) is 6.30. The number of carbonyl (C=O) groups excluding carboxylic acids is 1. The van der Waals surface area contributed by atoms with Crippen LogP contribution in [0.2, 0.25) is 0 Å². The number of methoxy groups -OCH3 is 2. The number of ether oxygens (including phenoxy) is 2. The summed E-state index contributed by atoms with van der Waals surface area (Å²) in [4.78, 5) is 14.7. The number of amides is 1. The topological polar surface area (TPSA) is 57.2 Å². The van der Waals surface area contributed by atoms with Crippen LogP contribution in [0.4, 0.5) is 0 Å². The fourth-order valence-electron chi connectivity index (χ4n) is 3.68. The molecule has 154 valence electrons. The second kappa shape index (κ2) is 8.05. The Bertz CT molecular complexity index is 697. The number of carbonyl (C=O) groups is 1. The van der Waals surface area contributed by atoms with Crippen molar-refractivity contribution in [2.45, 2.75) is 64.3 Å². The lowest BCUT2D eigenvalue weighted by atomic mass is 9.78. The number of nitrogens with zero attached hydrogens (tertiary/aromatic N) is 1. The SMILES string of the molecule is COc1ccc(B2OC(C)(C)C(C)(C)O2)cc1CC(=O)N1CCC(OC)CC1. The van der Waals surface area contributed by atoms with Crippen LogP contribution >= 0.6 is 0 Å². The molecule has 0 atom stereocenters. The molecule has 0 aliphatic carbocycles. The second-order valence-electron chi connectivity index (χ2n) is 8.65. The first kappa shape index (κ1) is 21.2. The van der Waals surface area contributed by atoms with E-state index in [0.29, 0.717) is 12.2 Å². The maximum absolute atomic E-state index is 12.8. The average Bonchev–Trinajstić information content (AvgIpc) is 2.89. The van der Waals surface area contributed by atoms with Gasteiger partial charge >= 0.3 is 7.12 Å². The lowest BCUT2D eigenvalue weighted by molar-refractivity contribution is -0.132. The molecule has 0 bridgehead atoms. The minimum atomic E-state index is -0.456. The molecular formula is C21H32BNO5. The Morgan fingerprint density at radius 1 is 1.14 bits per heavy atom. The highest BCUT2D eigenvalue weighted by atomic mass is 16.7. The molecule has 3 rings (SSSR count). The van der Waals surface area contributed by atoms with Crippen LogP contribution in [0.5, 0.6) is 5.75 Å². The number of hydrogen-bond acceptors (Lipinski definition) is 5. The lowest BCUT2D eigenvalue weighted by Crippen LogP contribution is -2.41. The van der Waals surface area contributed by atoms with E-state index in [1.807, 2.05) is 50.8 Å². The molecule has 2 saturated heterocycles. The molecule has 0 saturated carbocycles. The summed E-state index contributed by atoms with van der Waals surface area (Å²) in [5.74, 6) is 0.819. The van der Waals surface area contributed by atoms with Gasteiger partial charge in [0.1, 0.15) is 5.75 Å². The molecule has 2 aliphatic rings. The van der Waals surface area contributed by atoms with Gasteiger partial charge in [0.2, 0.25) is 5.91 Å². The first-order chi connectivity index (χ1) is 13.2. The molecule has 2 aliphatic heterocycles. The second-order valence-corrected chi connectivity index (χ2v) is 8.65. The zero-order valence-electron chi connectivity index (χ0n) is 17.9. The highest BCUT2D eigenvalue weighted by Gasteiger charge is 2.51. The van der Waals surface area contributed by atoms with Gasteiger partial charge in [-0.25, -0.2) is 0 Å². The van der Waals surface area contributed by atoms with E-state index in [1.54, 1.807) is 14.2 Å². The molecule has 0 radical (unpaired) electrons. The standard InChI is InChI=1S/C21H32BNO5/c1-20(2)21(3,4)28-22(27-20)16-7-8-18(26-6)15(13-16)14-19(24)23-11-9-17(25-5)10-12-23/h7-8,13,17H,9-12,14H2,1-6H3. The Morgan fingerprint density at radius 3 is 2.29 bits per heavy atom. The summed E-state index contributed by atoms with van der Waals surface area (Å²) in [6.07, 6.45) is 2.32. The summed E-state index contributed by atoms with van der Waals surface area (Å²) in [7, 11) is 2.90. The van der Waals surface area contributed by atoms with Crippen LogP contribution in [0, 0.1) is 0 Å². The zero-order valence-corrected chi connectivity index (χ0v) is 17.9.